The van der Waals surface area contributed by atoms with Crippen LogP contribution in [0.2, 0.25) is 0 Å². The standard InChI is InChI=1S/C16H19N3O3/c1-11-9-14(12(2)21-11)15(20)19-8-3-5-13(10-19)22-16-17-6-4-7-18-16/h4,6-7,9,13H,3,5,8,10H2,1-2H3. The summed E-state index contributed by atoms with van der Waals surface area (Å²) in [6.45, 7) is 4.94. The van der Waals surface area contributed by atoms with E-state index in [9.17, 15) is 4.79 Å². The Labute approximate surface area is 129 Å². The van der Waals surface area contributed by atoms with Gasteiger partial charge in [0.2, 0.25) is 0 Å². The third kappa shape index (κ3) is 3.10. The highest BCUT2D eigenvalue weighted by atomic mass is 16.5. The van der Waals surface area contributed by atoms with Gasteiger partial charge in [-0.05, 0) is 38.8 Å². The summed E-state index contributed by atoms with van der Waals surface area (Å²) >= 11 is 0. The number of nitrogens with zero attached hydrogens (tertiary/aromatic N) is 3. The maximum atomic E-state index is 12.6. The van der Waals surface area contributed by atoms with Crippen LogP contribution >= 0.6 is 0 Å². The molecule has 0 spiro atoms. The third-order valence-electron chi connectivity index (χ3n) is 3.75. The van der Waals surface area contributed by atoms with E-state index in [0.29, 0.717) is 23.9 Å². The summed E-state index contributed by atoms with van der Waals surface area (Å²) in [4.78, 5) is 22.6. The van der Waals surface area contributed by atoms with E-state index in [-0.39, 0.29) is 12.0 Å². The molecule has 1 amide bonds. The Morgan fingerprint density at radius 3 is 2.82 bits per heavy atom. The molecule has 0 bridgehead atoms. The maximum absolute atomic E-state index is 12.6. The largest absolute Gasteiger partial charge is 0.466 e. The summed E-state index contributed by atoms with van der Waals surface area (Å²) in [7, 11) is 0. The molecule has 1 atom stereocenters. The zero-order valence-corrected chi connectivity index (χ0v) is 12.8. The van der Waals surface area contributed by atoms with E-state index >= 15 is 0 Å². The second-order valence-electron chi connectivity index (χ2n) is 5.49. The molecule has 22 heavy (non-hydrogen) atoms. The lowest BCUT2D eigenvalue weighted by Gasteiger charge is -2.32. The van der Waals surface area contributed by atoms with Crippen molar-refractivity contribution >= 4 is 5.91 Å². The van der Waals surface area contributed by atoms with E-state index in [0.717, 1.165) is 25.1 Å². The number of aryl methyl sites for hydroxylation is 2. The Morgan fingerprint density at radius 1 is 1.36 bits per heavy atom. The number of ether oxygens (including phenoxy) is 1. The van der Waals surface area contributed by atoms with Crippen molar-refractivity contribution in [2.45, 2.75) is 32.8 Å². The number of hydrogen-bond acceptors (Lipinski definition) is 5. The average Bonchev–Trinajstić information content (AvgIpc) is 2.86. The fourth-order valence-corrected chi connectivity index (χ4v) is 2.73. The van der Waals surface area contributed by atoms with Crippen LogP contribution < -0.4 is 4.74 Å². The van der Waals surface area contributed by atoms with Gasteiger partial charge < -0.3 is 14.1 Å². The molecule has 1 saturated heterocycles. The predicted octanol–water partition coefficient (Wildman–Crippen LogP) is 2.37. The summed E-state index contributed by atoms with van der Waals surface area (Å²) in [6.07, 6.45) is 5.01. The Balaban J connectivity index is 1.68. The van der Waals surface area contributed by atoms with Crippen molar-refractivity contribution in [2.24, 2.45) is 0 Å². The van der Waals surface area contributed by atoms with Gasteiger partial charge >= 0.3 is 6.01 Å². The second kappa shape index (κ2) is 6.17. The number of amides is 1. The van der Waals surface area contributed by atoms with Crippen LogP contribution in [0, 0.1) is 13.8 Å². The minimum atomic E-state index is -0.0756. The van der Waals surface area contributed by atoms with Crippen molar-refractivity contribution in [1.29, 1.82) is 0 Å². The number of carbonyl (C=O) groups excluding carboxylic acids is 1. The number of rotatable bonds is 3. The highest BCUT2D eigenvalue weighted by Crippen LogP contribution is 2.20. The molecule has 1 aliphatic rings. The lowest BCUT2D eigenvalue weighted by atomic mass is 10.1. The number of likely N-dealkylation sites (tertiary alicyclic amines) is 1. The molecule has 0 radical (unpaired) electrons. The Hall–Kier alpha value is -2.37. The Morgan fingerprint density at radius 2 is 2.14 bits per heavy atom. The minimum absolute atomic E-state index is 0.00312. The van der Waals surface area contributed by atoms with Gasteiger partial charge in [-0.15, -0.1) is 0 Å². The normalized spacial score (nSPS) is 18.3. The fourth-order valence-electron chi connectivity index (χ4n) is 2.73. The van der Waals surface area contributed by atoms with Crippen LogP contribution in [0.1, 0.15) is 34.7 Å². The van der Waals surface area contributed by atoms with Gasteiger partial charge in [0, 0.05) is 18.9 Å². The molecule has 0 aromatic carbocycles. The van der Waals surface area contributed by atoms with Crippen molar-refractivity contribution in [3.8, 4) is 6.01 Å². The molecule has 2 aromatic heterocycles. The number of carbonyl (C=O) groups is 1. The highest BCUT2D eigenvalue weighted by Gasteiger charge is 2.28. The summed E-state index contributed by atoms with van der Waals surface area (Å²) < 4.78 is 11.2. The van der Waals surface area contributed by atoms with E-state index in [1.165, 1.54) is 0 Å². The van der Waals surface area contributed by atoms with Crippen LogP contribution in [-0.4, -0.2) is 40.0 Å². The van der Waals surface area contributed by atoms with Gasteiger partial charge in [-0.3, -0.25) is 4.79 Å². The van der Waals surface area contributed by atoms with Gasteiger partial charge in [0.05, 0.1) is 12.1 Å². The van der Waals surface area contributed by atoms with E-state index in [2.05, 4.69) is 9.97 Å². The number of furan rings is 1. The molecular formula is C16H19N3O3. The van der Waals surface area contributed by atoms with E-state index in [1.54, 1.807) is 24.5 Å². The van der Waals surface area contributed by atoms with Gasteiger partial charge in [-0.25, -0.2) is 9.97 Å². The first-order valence-electron chi connectivity index (χ1n) is 7.43. The maximum Gasteiger partial charge on any atom is 0.316 e. The van der Waals surface area contributed by atoms with Gasteiger partial charge in [0.15, 0.2) is 0 Å². The molecule has 3 rings (SSSR count). The number of piperidine rings is 1. The topological polar surface area (TPSA) is 68.5 Å². The Bertz CT molecular complexity index is 654. The van der Waals surface area contributed by atoms with Crippen molar-refractivity contribution in [3.05, 3.63) is 41.6 Å². The van der Waals surface area contributed by atoms with Gasteiger partial charge in [0.25, 0.3) is 5.91 Å². The SMILES string of the molecule is Cc1cc(C(=O)N2CCCC(Oc3ncccn3)C2)c(C)o1. The van der Waals surface area contributed by atoms with Crippen molar-refractivity contribution in [1.82, 2.24) is 14.9 Å². The molecule has 1 unspecified atom stereocenters. The van der Waals surface area contributed by atoms with Gasteiger partial charge in [-0.1, -0.05) is 0 Å². The lowest BCUT2D eigenvalue weighted by Crippen LogP contribution is -2.44. The van der Waals surface area contributed by atoms with Crippen molar-refractivity contribution in [2.75, 3.05) is 13.1 Å². The Kier molecular flexibility index (Phi) is 4.09. The smallest absolute Gasteiger partial charge is 0.316 e. The first-order valence-corrected chi connectivity index (χ1v) is 7.43. The van der Waals surface area contributed by atoms with Gasteiger partial charge in [-0.2, -0.15) is 0 Å². The third-order valence-corrected chi connectivity index (χ3v) is 3.75. The fraction of sp³-hybridized carbons (Fsp3) is 0.438. The minimum Gasteiger partial charge on any atom is -0.466 e. The first-order chi connectivity index (χ1) is 10.6. The second-order valence-corrected chi connectivity index (χ2v) is 5.49. The first kappa shape index (κ1) is 14.6. The van der Waals surface area contributed by atoms with Crippen LogP contribution in [0.25, 0.3) is 0 Å². The zero-order chi connectivity index (χ0) is 15.5. The molecule has 0 saturated carbocycles. The van der Waals surface area contributed by atoms with Crippen LogP contribution in [0.15, 0.2) is 28.9 Å². The van der Waals surface area contributed by atoms with Crippen LogP contribution in [0.5, 0.6) is 6.01 Å². The monoisotopic (exact) mass is 301 g/mol. The zero-order valence-electron chi connectivity index (χ0n) is 12.8. The van der Waals surface area contributed by atoms with Crippen molar-refractivity contribution in [3.63, 3.8) is 0 Å². The van der Waals surface area contributed by atoms with E-state index < -0.39 is 0 Å². The summed E-state index contributed by atoms with van der Waals surface area (Å²) in [5.74, 6) is 1.41. The molecule has 0 N–H and O–H groups in total. The summed E-state index contributed by atoms with van der Waals surface area (Å²) in [5, 5.41) is 0. The number of hydrogen-bond donors (Lipinski definition) is 0. The molecule has 6 nitrogen and oxygen atoms in total. The van der Waals surface area contributed by atoms with Crippen LogP contribution in [0.3, 0.4) is 0 Å². The number of aromatic nitrogens is 2. The lowest BCUT2D eigenvalue weighted by molar-refractivity contribution is 0.0514. The van der Waals surface area contributed by atoms with E-state index in [4.69, 9.17) is 9.15 Å². The highest BCUT2D eigenvalue weighted by molar-refractivity contribution is 5.95. The van der Waals surface area contributed by atoms with Crippen LogP contribution in [-0.2, 0) is 0 Å². The molecule has 1 fully saturated rings. The molecular weight excluding hydrogens is 282 g/mol. The molecule has 1 aliphatic heterocycles. The summed E-state index contributed by atoms with van der Waals surface area (Å²) in [5.41, 5.74) is 0.633. The van der Waals surface area contributed by atoms with Gasteiger partial charge in [0.1, 0.15) is 17.6 Å². The molecule has 0 aliphatic carbocycles. The van der Waals surface area contributed by atoms with Crippen LogP contribution in [0.4, 0.5) is 0 Å². The molecule has 3 heterocycles. The molecule has 6 heteroatoms. The van der Waals surface area contributed by atoms with E-state index in [1.807, 2.05) is 18.7 Å². The quantitative estimate of drug-likeness (QED) is 0.870. The molecule has 2 aromatic rings. The summed E-state index contributed by atoms with van der Waals surface area (Å²) in [6, 6.07) is 3.90. The average molecular weight is 301 g/mol. The molecule has 116 valence electrons. The van der Waals surface area contributed by atoms with Crippen molar-refractivity contribution < 1.29 is 13.9 Å². The predicted molar refractivity (Wildman–Crippen MR) is 79.8 cm³/mol.